The summed E-state index contributed by atoms with van der Waals surface area (Å²) >= 11 is 0. The standard InChI is InChI=1S/C24H22FNO4/c1-17-2-4-18(5-3-17)19-6-10-21(11-7-19)26(16-27)23(24(28)29)14-15-30-22-12-8-20(25)9-13-22/h2-13,16,23H,14-15H2,1H3,(H,28,29). The van der Waals surface area contributed by atoms with E-state index in [0.717, 1.165) is 16.7 Å². The van der Waals surface area contributed by atoms with E-state index in [0.29, 0.717) is 17.8 Å². The van der Waals surface area contributed by atoms with E-state index in [2.05, 4.69) is 0 Å². The zero-order valence-corrected chi connectivity index (χ0v) is 16.5. The van der Waals surface area contributed by atoms with Gasteiger partial charge < -0.3 is 14.7 Å². The summed E-state index contributed by atoms with van der Waals surface area (Å²) in [6.07, 6.45) is 0.586. The van der Waals surface area contributed by atoms with Crippen LogP contribution in [0.15, 0.2) is 72.8 Å². The Labute approximate surface area is 174 Å². The first-order chi connectivity index (χ1) is 14.5. The lowest BCUT2D eigenvalue weighted by Gasteiger charge is -2.25. The van der Waals surface area contributed by atoms with Crippen molar-refractivity contribution in [3.8, 4) is 16.9 Å². The number of carbonyl (C=O) groups is 2. The Balaban J connectivity index is 1.70. The van der Waals surface area contributed by atoms with Gasteiger partial charge in [0, 0.05) is 12.1 Å². The van der Waals surface area contributed by atoms with Crippen LogP contribution in [0.25, 0.3) is 11.1 Å². The smallest absolute Gasteiger partial charge is 0.326 e. The number of benzene rings is 3. The molecule has 0 aliphatic heterocycles. The number of aryl methyl sites for hydroxylation is 1. The van der Waals surface area contributed by atoms with Crippen molar-refractivity contribution >= 4 is 18.1 Å². The van der Waals surface area contributed by atoms with Crippen LogP contribution in [0, 0.1) is 12.7 Å². The summed E-state index contributed by atoms with van der Waals surface area (Å²) in [7, 11) is 0. The maximum absolute atomic E-state index is 13.0. The Morgan fingerprint density at radius 2 is 1.57 bits per heavy atom. The van der Waals surface area contributed by atoms with E-state index in [1.165, 1.54) is 29.2 Å². The molecule has 0 aliphatic carbocycles. The fourth-order valence-corrected chi connectivity index (χ4v) is 3.09. The molecule has 5 nitrogen and oxygen atoms in total. The number of hydrogen-bond acceptors (Lipinski definition) is 3. The van der Waals surface area contributed by atoms with E-state index in [9.17, 15) is 19.1 Å². The average molecular weight is 407 g/mol. The summed E-state index contributed by atoms with van der Waals surface area (Å²) < 4.78 is 18.4. The van der Waals surface area contributed by atoms with Gasteiger partial charge in [-0.1, -0.05) is 42.0 Å². The van der Waals surface area contributed by atoms with Crippen LogP contribution < -0.4 is 9.64 Å². The maximum atomic E-state index is 13.0. The molecule has 0 fully saturated rings. The molecule has 0 radical (unpaired) electrons. The van der Waals surface area contributed by atoms with E-state index in [4.69, 9.17) is 4.74 Å². The van der Waals surface area contributed by atoms with Crippen LogP contribution in [0.4, 0.5) is 10.1 Å². The highest BCUT2D eigenvalue weighted by molar-refractivity contribution is 5.88. The first kappa shape index (κ1) is 21.0. The van der Waals surface area contributed by atoms with Gasteiger partial charge in [0.2, 0.25) is 6.41 Å². The van der Waals surface area contributed by atoms with Gasteiger partial charge in [-0.3, -0.25) is 4.79 Å². The third kappa shape index (κ3) is 5.23. The van der Waals surface area contributed by atoms with Gasteiger partial charge in [-0.25, -0.2) is 9.18 Å². The fraction of sp³-hybridized carbons (Fsp3) is 0.167. The topological polar surface area (TPSA) is 66.8 Å². The molecule has 1 unspecified atom stereocenters. The van der Waals surface area contributed by atoms with Gasteiger partial charge in [0.15, 0.2) is 0 Å². The van der Waals surface area contributed by atoms with Crippen molar-refractivity contribution in [1.82, 2.24) is 0 Å². The molecule has 0 saturated carbocycles. The molecule has 1 amide bonds. The second kappa shape index (κ2) is 9.69. The molecule has 0 aromatic heterocycles. The highest BCUT2D eigenvalue weighted by Gasteiger charge is 2.26. The van der Waals surface area contributed by atoms with Crippen molar-refractivity contribution < 1.29 is 23.8 Å². The van der Waals surface area contributed by atoms with Crippen molar-refractivity contribution in [3.05, 3.63) is 84.2 Å². The number of hydrogen-bond donors (Lipinski definition) is 1. The Bertz CT molecular complexity index is 985. The van der Waals surface area contributed by atoms with E-state index in [1.807, 2.05) is 43.3 Å². The van der Waals surface area contributed by atoms with Crippen LogP contribution in [0.1, 0.15) is 12.0 Å². The summed E-state index contributed by atoms with van der Waals surface area (Å²) in [5, 5.41) is 9.62. The van der Waals surface area contributed by atoms with Crippen molar-refractivity contribution in [2.75, 3.05) is 11.5 Å². The molecule has 3 aromatic carbocycles. The number of carboxylic acids is 1. The lowest BCUT2D eigenvalue weighted by atomic mass is 10.0. The molecule has 3 rings (SSSR count). The maximum Gasteiger partial charge on any atom is 0.326 e. The quantitative estimate of drug-likeness (QED) is 0.523. The molecule has 1 atom stereocenters. The average Bonchev–Trinajstić information content (AvgIpc) is 2.75. The normalized spacial score (nSPS) is 11.5. The molecule has 0 spiro atoms. The highest BCUT2D eigenvalue weighted by atomic mass is 19.1. The van der Waals surface area contributed by atoms with Gasteiger partial charge in [0.1, 0.15) is 17.6 Å². The number of carbonyl (C=O) groups excluding carboxylic acids is 1. The molecule has 154 valence electrons. The van der Waals surface area contributed by atoms with Crippen molar-refractivity contribution in [1.29, 1.82) is 0 Å². The molecule has 0 heterocycles. The number of halogens is 1. The molecule has 30 heavy (non-hydrogen) atoms. The van der Waals surface area contributed by atoms with Crippen LogP contribution >= 0.6 is 0 Å². The molecule has 1 N–H and O–H groups in total. The van der Waals surface area contributed by atoms with Crippen molar-refractivity contribution in [2.24, 2.45) is 0 Å². The predicted octanol–water partition coefficient (Wildman–Crippen LogP) is 4.69. The second-order valence-electron chi connectivity index (χ2n) is 6.87. The van der Waals surface area contributed by atoms with E-state index in [-0.39, 0.29) is 18.8 Å². The Morgan fingerprint density at radius 1 is 1.00 bits per heavy atom. The zero-order valence-electron chi connectivity index (χ0n) is 16.5. The highest BCUT2D eigenvalue weighted by Crippen LogP contribution is 2.25. The lowest BCUT2D eigenvalue weighted by Crippen LogP contribution is -2.41. The number of nitrogens with zero attached hydrogens (tertiary/aromatic N) is 1. The van der Waals surface area contributed by atoms with Crippen LogP contribution in [-0.2, 0) is 9.59 Å². The Hall–Kier alpha value is -3.67. The molecule has 0 aliphatic rings. The van der Waals surface area contributed by atoms with Gasteiger partial charge in [-0.15, -0.1) is 0 Å². The number of rotatable bonds is 9. The number of amides is 1. The minimum Gasteiger partial charge on any atom is -0.493 e. The molecule has 6 heteroatoms. The first-order valence-corrected chi connectivity index (χ1v) is 9.50. The molecular formula is C24H22FNO4. The largest absolute Gasteiger partial charge is 0.493 e. The number of anilines is 1. The second-order valence-corrected chi connectivity index (χ2v) is 6.87. The molecular weight excluding hydrogens is 385 g/mol. The minimum absolute atomic E-state index is 0.0639. The van der Waals surface area contributed by atoms with Crippen molar-refractivity contribution in [2.45, 2.75) is 19.4 Å². The SMILES string of the molecule is Cc1ccc(-c2ccc(N(C=O)C(CCOc3ccc(F)cc3)C(=O)O)cc2)cc1. The Kier molecular flexibility index (Phi) is 6.80. The number of carboxylic acid groups (broad SMARTS) is 1. The lowest BCUT2D eigenvalue weighted by molar-refractivity contribution is -0.139. The summed E-state index contributed by atoms with van der Waals surface area (Å²) in [5.41, 5.74) is 3.65. The zero-order chi connectivity index (χ0) is 21.5. The van der Waals surface area contributed by atoms with Crippen LogP contribution in [0.5, 0.6) is 5.75 Å². The van der Waals surface area contributed by atoms with Gasteiger partial charge in [0.25, 0.3) is 0 Å². The van der Waals surface area contributed by atoms with Gasteiger partial charge in [-0.2, -0.15) is 0 Å². The number of aliphatic carboxylic acids is 1. The van der Waals surface area contributed by atoms with Gasteiger partial charge in [0.05, 0.1) is 6.61 Å². The summed E-state index contributed by atoms with van der Waals surface area (Å²) in [6.45, 7) is 2.08. The third-order valence-corrected chi connectivity index (χ3v) is 4.76. The third-order valence-electron chi connectivity index (χ3n) is 4.76. The van der Waals surface area contributed by atoms with Gasteiger partial charge >= 0.3 is 5.97 Å². The van der Waals surface area contributed by atoms with E-state index in [1.54, 1.807) is 12.1 Å². The number of ether oxygens (including phenoxy) is 1. The summed E-state index contributed by atoms with van der Waals surface area (Å²) in [5.74, 6) is -1.08. The first-order valence-electron chi connectivity index (χ1n) is 9.50. The monoisotopic (exact) mass is 407 g/mol. The molecule has 0 saturated heterocycles. The minimum atomic E-state index is -1.13. The van der Waals surface area contributed by atoms with Crippen LogP contribution in [0.2, 0.25) is 0 Å². The van der Waals surface area contributed by atoms with E-state index >= 15 is 0 Å². The summed E-state index contributed by atoms with van der Waals surface area (Å²) in [4.78, 5) is 24.6. The fourth-order valence-electron chi connectivity index (χ4n) is 3.09. The molecule has 3 aromatic rings. The molecule has 0 bridgehead atoms. The predicted molar refractivity (Wildman–Crippen MR) is 113 cm³/mol. The summed E-state index contributed by atoms with van der Waals surface area (Å²) in [6, 6.07) is 19.6. The van der Waals surface area contributed by atoms with Gasteiger partial charge in [-0.05, 0) is 54.4 Å². The van der Waals surface area contributed by atoms with Crippen LogP contribution in [-0.4, -0.2) is 30.1 Å². The van der Waals surface area contributed by atoms with E-state index < -0.39 is 12.0 Å². The Morgan fingerprint density at radius 3 is 2.10 bits per heavy atom. The van der Waals surface area contributed by atoms with Crippen molar-refractivity contribution in [3.63, 3.8) is 0 Å². The van der Waals surface area contributed by atoms with Crippen LogP contribution in [0.3, 0.4) is 0 Å².